The molecule has 2 aromatic heterocycles. The first-order chi connectivity index (χ1) is 8.72. The number of ether oxygens (including phenoxy) is 1. The van der Waals surface area contributed by atoms with Gasteiger partial charge in [-0.3, -0.25) is 4.98 Å². The van der Waals surface area contributed by atoms with Gasteiger partial charge in [-0.2, -0.15) is 0 Å². The van der Waals surface area contributed by atoms with Gasteiger partial charge in [-0.1, -0.05) is 6.07 Å². The fraction of sp³-hybridized carbons (Fsp3) is 0.308. The van der Waals surface area contributed by atoms with Crippen molar-refractivity contribution in [1.29, 1.82) is 0 Å². The summed E-state index contributed by atoms with van der Waals surface area (Å²) in [5, 5.41) is 0. The maximum Gasteiger partial charge on any atom is 0.358 e. The largest absolute Gasteiger partial charge is 0.461 e. The van der Waals surface area contributed by atoms with Gasteiger partial charge in [0.25, 0.3) is 0 Å². The van der Waals surface area contributed by atoms with Crippen LogP contribution in [0.5, 0.6) is 0 Å². The molecule has 18 heavy (non-hydrogen) atoms. The highest BCUT2D eigenvalue weighted by Gasteiger charge is 2.14. The number of carbonyl (C=O) groups is 1. The summed E-state index contributed by atoms with van der Waals surface area (Å²) in [6.45, 7) is 4.12. The van der Waals surface area contributed by atoms with Crippen LogP contribution in [0.2, 0.25) is 0 Å². The first-order valence-corrected chi connectivity index (χ1v) is 5.84. The molecule has 0 N–H and O–H groups in total. The van der Waals surface area contributed by atoms with Crippen molar-refractivity contribution in [3.05, 3.63) is 48.3 Å². The molecule has 0 aliphatic heterocycles. The summed E-state index contributed by atoms with van der Waals surface area (Å²) >= 11 is 0. The maximum absolute atomic E-state index is 11.5. The van der Waals surface area contributed by atoms with Gasteiger partial charge >= 0.3 is 5.97 Å². The van der Waals surface area contributed by atoms with Gasteiger partial charge in [-0.05, 0) is 26.0 Å². The second-order valence-corrected chi connectivity index (χ2v) is 3.86. The predicted molar refractivity (Wildman–Crippen MR) is 66.2 cm³/mol. The summed E-state index contributed by atoms with van der Waals surface area (Å²) in [5.74, 6) is -0.399. The van der Waals surface area contributed by atoms with Crippen molar-refractivity contribution in [3.63, 3.8) is 0 Å². The molecule has 5 nitrogen and oxygen atoms in total. The molecule has 2 aromatic rings. The lowest BCUT2D eigenvalue weighted by atomic mass is 10.2. The monoisotopic (exact) mass is 245 g/mol. The van der Waals surface area contributed by atoms with Gasteiger partial charge in [0, 0.05) is 12.4 Å². The quantitative estimate of drug-likeness (QED) is 0.774. The van der Waals surface area contributed by atoms with E-state index in [9.17, 15) is 4.79 Å². The van der Waals surface area contributed by atoms with Crippen molar-refractivity contribution in [2.75, 3.05) is 6.61 Å². The minimum atomic E-state index is -0.399. The highest BCUT2D eigenvalue weighted by atomic mass is 16.5. The summed E-state index contributed by atoms with van der Waals surface area (Å²) < 4.78 is 6.74. The molecule has 0 radical (unpaired) electrons. The van der Waals surface area contributed by atoms with Crippen molar-refractivity contribution < 1.29 is 9.53 Å². The summed E-state index contributed by atoms with van der Waals surface area (Å²) in [4.78, 5) is 19.8. The van der Waals surface area contributed by atoms with Gasteiger partial charge in [-0.15, -0.1) is 0 Å². The molecule has 0 aromatic carbocycles. The predicted octanol–water partition coefficient (Wildman–Crippen LogP) is 2.06. The number of aromatic nitrogens is 3. The summed E-state index contributed by atoms with van der Waals surface area (Å²) in [7, 11) is 0. The van der Waals surface area contributed by atoms with E-state index in [2.05, 4.69) is 9.97 Å². The van der Waals surface area contributed by atoms with Crippen LogP contribution >= 0.6 is 0 Å². The zero-order valence-electron chi connectivity index (χ0n) is 10.4. The Hall–Kier alpha value is -2.17. The van der Waals surface area contributed by atoms with Gasteiger partial charge in [0.1, 0.15) is 0 Å². The van der Waals surface area contributed by atoms with Crippen LogP contribution in [0.25, 0.3) is 0 Å². The van der Waals surface area contributed by atoms with Crippen molar-refractivity contribution in [1.82, 2.24) is 14.5 Å². The van der Waals surface area contributed by atoms with E-state index < -0.39 is 5.97 Å². The third kappa shape index (κ3) is 2.56. The topological polar surface area (TPSA) is 57.0 Å². The average Bonchev–Trinajstić information content (AvgIpc) is 2.89. The Labute approximate surface area is 105 Å². The SMILES string of the molecule is CCOC(=O)c1cn([C@@H](C)c2ccccn2)cn1. The molecule has 94 valence electrons. The van der Waals surface area contributed by atoms with E-state index >= 15 is 0 Å². The number of carbonyl (C=O) groups excluding carboxylic acids is 1. The second-order valence-electron chi connectivity index (χ2n) is 3.86. The van der Waals surface area contributed by atoms with Gasteiger partial charge in [0.2, 0.25) is 0 Å². The fourth-order valence-electron chi connectivity index (χ4n) is 1.63. The number of imidazole rings is 1. The number of esters is 1. The Morgan fingerprint density at radius 1 is 1.44 bits per heavy atom. The zero-order valence-corrected chi connectivity index (χ0v) is 10.4. The Balaban J connectivity index is 2.17. The number of rotatable bonds is 4. The molecule has 0 aliphatic carbocycles. The molecule has 2 rings (SSSR count). The van der Waals surface area contributed by atoms with E-state index in [1.54, 1.807) is 25.6 Å². The average molecular weight is 245 g/mol. The van der Waals surface area contributed by atoms with E-state index in [1.807, 2.05) is 29.7 Å². The summed E-state index contributed by atoms with van der Waals surface area (Å²) in [5.41, 5.74) is 1.24. The smallest absolute Gasteiger partial charge is 0.358 e. The van der Waals surface area contributed by atoms with Gasteiger partial charge in [-0.25, -0.2) is 9.78 Å². The van der Waals surface area contributed by atoms with Gasteiger partial charge in [0.05, 0.1) is 24.7 Å². The molecule has 0 amide bonds. The van der Waals surface area contributed by atoms with Crippen LogP contribution in [0.3, 0.4) is 0 Å². The van der Waals surface area contributed by atoms with E-state index in [0.29, 0.717) is 12.3 Å². The van der Waals surface area contributed by atoms with Crippen LogP contribution in [0.4, 0.5) is 0 Å². The van der Waals surface area contributed by atoms with Crippen molar-refractivity contribution in [2.24, 2.45) is 0 Å². The highest BCUT2D eigenvalue weighted by molar-refractivity contribution is 5.86. The fourth-order valence-corrected chi connectivity index (χ4v) is 1.63. The number of hydrogen-bond acceptors (Lipinski definition) is 4. The molecule has 5 heteroatoms. The molecule has 0 fully saturated rings. The van der Waals surface area contributed by atoms with Gasteiger partial charge < -0.3 is 9.30 Å². The Kier molecular flexibility index (Phi) is 3.72. The van der Waals surface area contributed by atoms with Crippen LogP contribution in [0.15, 0.2) is 36.9 Å². The normalized spacial score (nSPS) is 12.1. The first kappa shape index (κ1) is 12.3. The Morgan fingerprint density at radius 2 is 2.28 bits per heavy atom. The molecule has 0 spiro atoms. The van der Waals surface area contributed by atoms with E-state index in [0.717, 1.165) is 5.69 Å². The van der Waals surface area contributed by atoms with Crippen LogP contribution in [0.1, 0.15) is 36.1 Å². The van der Waals surface area contributed by atoms with Crippen LogP contribution in [-0.2, 0) is 4.74 Å². The molecule has 2 heterocycles. The van der Waals surface area contributed by atoms with Crippen molar-refractivity contribution >= 4 is 5.97 Å². The summed E-state index contributed by atoms with van der Waals surface area (Å²) in [6, 6.07) is 5.77. The number of nitrogens with zero attached hydrogens (tertiary/aromatic N) is 3. The minimum absolute atomic E-state index is 0.0295. The number of hydrogen-bond donors (Lipinski definition) is 0. The van der Waals surface area contributed by atoms with E-state index in [4.69, 9.17) is 4.74 Å². The lowest BCUT2D eigenvalue weighted by Gasteiger charge is -2.11. The Bertz CT molecular complexity index is 522. The van der Waals surface area contributed by atoms with E-state index in [-0.39, 0.29) is 6.04 Å². The molecule has 0 saturated heterocycles. The molecule has 0 unspecified atom stereocenters. The maximum atomic E-state index is 11.5. The molecule has 0 bridgehead atoms. The molecule has 0 aliphatic rings. The molecule has 1 atom stereocenters. The third-order valence-corrected chi connectivity index (χ3v) is 2.65. The lowest BCUT2D eigenvalue weighted by molar-refractivity contribution is 0.0520. The number of pyridine rings is 1. The van der Waals surface area contributed by atoms with Crippen molar-refractivity contribution in [3.8, 4) is 0 Å². The third-order valence-electron chi connectivity index (χ3n) is 2.65. The lowest BCUT2D eigenvalue weighted by Crippen LogP contribution is -2.07. The van der Waals surface area contributed by atoms with Crippen LogP contribution in [-0.4, -0.2) is 27.1 Å². The molecular weight excluding hydrogens is 230 g/mol. The molecular formula is C13H15N3O2. The summed E-state index contributed by atoms with van der Waals surface area (Å²) in [6.07, 6.45) is 5.04. The van der Waals surface area contributed by atoms with E-state index in [1.165, 1.54) is 0 Å². The highest BCUT2D eigenvalue weighted by Crippen LogP contribution is 2.15. The zero-order chi connectivity index (χ0) is 13.0. The Morgan fingerprint density at radius 3 is 2.94 bits per heavy atom. The van der Waals surface area contributed by atoms with Crippen LogP contribution in [0, 0.1) is 0 Å². The van der Waals surface area contributed by atoms with Crippen LogP contribution < -0.4 is 0 Å². The first-order valence-electron chi connectivity index (χ1n) is 5.84. The second kappa shape index (κ2) is 5.44. The standard InChI is InChI=1S/C13H15N3O2/c1-3-18-13(17)12-8-16(9-15-12)10(2)11-6-4-5-7-14-11/h4-10H,3H2,1-2H3/t10-/m0/s1. The van der Waals surface area contributed by atoms with Crippen molar-refractivity contribution in [2.45, 2.75) is 19.9 Å². The molecule has 0 saturated carbocycles. The van der Waals surface area contributed by atoms with Gasteiger partial charge in [0.15, 0.2) is 5.69 Å². The minimum Gasteiger partial charge on any atom is -0.461 e.